The summed E-state index contributed by atoms with van der Waals surface area (Å²) in [4.78, 5) is 15.0. The van der Waals surface area contributed by atoms with Crippen molar-refractivity contribution in [2.75, 3.05) is 5.32 Å². The number of nitriles is 1. The number of carbonyl (C=O) groups is 1. The van der Waals surface area contributed by atoms with E-state index in [9.17, 15) is 4.79 Å². The largest absolute Gasteiger partial charge is 0.381 e. The van der Waals surface area contributed by atoms with Crippen LogP contribution in [0, 0.1) is 11.3 Å². The fourth-order valence-corrected chi connectivity index (χ4v) is 1.63. The lowest BCUT2D eigenvalue weighted by molar-refractivity contribution is 0.100. The molecule has 1 aromatic heterocycles. The number of nitrogens with one attached hydrogen (secondary N) is 1. The lowest BCUT2D eigenvalue weighted by Gasteiger charge is -2.07. The van der Waals surface area contributed by atoms with E-state index in [1.165, 1.54) is 0 Å². The molecule has 94 valence electrons. The summed E-state index contributed by atoms with van der Waals surface area (Å²) in [7, 11) is 0. The first-order valence-electron chi connectivity index (χ1n) is 5.68. The number of benzene rings is 1. The van der Waals surface area contributed by atoms with Gasteiger partial charge in [0.25, 0.3) is 0 Å². The van der Waals surface area contributed by atoms with Gasteiger partial charge in [0.2, 0.25) is 5.91 Å². The van der Waals surface area contributed by atoms with Gasteiger partial charge in [0.1, 0.15) is 11.8 Å². The SMILES string of the molecule is N#Cc1cc(CNc2cccc(C(N)=O)c2)ccn1. The van der Waals surface area contributed by atoms with Crippen LogP contribution in [-0.2, 0) is 6.54 Å². The molecule has 2 aromatic rings. The highest BCUT2D eigenvalue weighted by Crippen LogP contribution is 2.12. The number of carbonyl (C=O) groups excluding carboxylic acids is 1. The minimum Gasteiger partial charge on any atom is -0.381 e. The van der Waals surface area contributed by atoms with Crippen molar-refractivity contribution in [3.8, 4) is 6.07 Å². The molecule has 0 saturated carbocycles. The summed E-state index contributed by atoms with van der Waals surface area (Å²) in [5, 5.41) is 11.9. The first-order chi connectivity index (χ1) is 9.19. The molecule has 19 heavy (non-hydrogen) atoms. The average molecular weight is 252 g/mol. The van der Waals surface area contributed by atoms with Gasteiger partial charge in [-0.15, -0.1) is 0 Å². The van der Waals surface area contributed by atoms with Gasteiger partial charge in [0, 0.05) is 24.0 Å². The van der Waals surface area contributed by atoms with E-state index < -0.39 is 5.91 Å². The highest BCUT2D eigenvalue weighted by Gasteiger charge is 2.01. The molecular weight excluding hydrogens is 240 g/mol. The fraction of sp³-hybridized carbons (Fsp3) is 0.0714. The Labute approximate surface area is 110 Å². The van der Waals surface area contributed by atoms with Crippen LogP contribution < -0.4 is 11.1 Å². The Bertz CT molecular complexity index is 646. The molecule has 0 unspecified atom stereocenters. The van der Waals surface area contributed by atoms with E-state index in [0.29, 0.717) is 17.8 Å². The first-order valence-corrected chi connectivity index (χ1v) is 5.68. The summed E-state index contributed by atoms with van der Waals surface area (Å²) in [6.07, 6.45) is 1.59. The number of nitrogens with two attached hydrogens (primary N) is 1. The summed E-state index contributed by atoms with van der Waals surface area (Å²) in [5.74, 6) is -0.459. The Morgan fingerprint density at radius 2 is 2.21 bits per heavy atom. The van der Waals surface area contributed by atoms with Crippen molar-refractivity contribution in [3.05, 3.63) is 59.4 Å². The van der Waals surface area contributed by atoms with Crippen molar-refractivity contribution >= 4 is 11.6 Å². The van der Waals surface area contributed by atoms with Gasteiger partial charge in [-0.3, -0.25) is 4.79 Å². The zero-order valence-electron chi connectivity index (χ0n) is 10.1. The maximum atomic E-state index is 11.1. The minimum absolute atomic E-state index is 0.380. The van der Waals surface area contributed by atoms with Crippen LogP contribution in [0.15, 0.2) is 42.6 Å². The molecule has 1 heterocycles. The molecule has 0 radical (unpaired) electrons. The average Bonchev–Trinajstić information content (AvgIpc) is 2.45. The van der Waals surface area contributed by atoms with E-state index in [1.54, 1.807) is 30.5 Å². The number of aromatic nitrogens is 1. The molecule has 0 atom stereocenters. The third-order valence-electron chi connectivity index (χ3n) is 2.58. The van der Waals surface area contributed by atoms with Crippen molar-refractivity contribution in [3.63, 3.8) is 0 Å². The smallest absolute Gasteiger partial charge is 0.248 e. The van der Waals surface area contributed by atoms with Crippen LogP contribution >= 0.6 is 0 Å². The number of hydrogen-bond acceptors (Lipinski definition) is 4. The second-order valence-corrected chi connectivity index (χ2v) is 3.96. The van der Waals surface area contributed by atoms with Gasteiger partial charge in [-0.25, -0.2) is 4.98 Å². The molecule has 0 aliphatic heterocycles. The van der Waals surface area contributed by atoms with Gasteiger partial charge in [-0.05, 0) is 35.9 Å². The lowest BCUT2D eigenvalue weighted by atomic mass is 10.2. The molecule has 0 bridgehead atoms. The van der Waals surface area contributed by atoms with Gasteiger partial charge in [-0.2, -0.15) is 5.26 Å². The Morgan fingerprint density at radius 1 is 1.37 bits per heavy atom. The standard InChI is InChI=1S/C14H12N4O/c15-8-13-6-10(4-5-17-13)9-18-12-3-1-2-11(7-12)14(16)19/h1-7,18H,9H2,(H2,16,19). The van der Waals surface area contributed by atoms with E-state index in [2.05, 4.69) is 10.3 Å². The van der Waals surface area contributed by atoms with Crippen molar-refractivity contribution in [1.82, 2.24) is 4.98 Å². The summed E-state index contributed by atoms with van der Waals surface area (Å²) in [6.45, 7) is 0.541. The summed E-state index contributed by atoms with van der Waals surface area (Å²) < 4.78 is 0. The molecule has 0 aliphatic carbocycles. The number of nitrogens with zero attached hydrogens (tertiary/aromatic N) is 2. The van der Waals surface area contributed by atoms with Gasteiger partial charge >= 0.3 is 0 Å². The summed E-state index contributed by atoms with van der Waals surface area (Å²) in [6, 6.07) is 12.5. The number of primary amides is 1. The van der Waals surface area contributed by atoms with E-state index in [0.717, 1.165) is 11.3 Å². The summed E-state index contributed by atoms with van der Waals surface area (Å²) in [5.41, 5.74) is 7.79. The van der Waals surface area contributed by atoms with Crippen molar-refractivity contribution in [2.45, 2.75) is 6.54 Å². The van der Waals surface area contributed by atoms with E-state index in [4.69, 9.17) is 11.0 Å². The molecule has 0 spiro atoms. The highest BCUT2D eigenvalue weighted by atomic mass is 16.1. The van der Waals surface area contributed by atoms with Crippen molar-refractivity contribution in [2.24, 2.45) is 5.73 Å². The maximum absolute atomic E-state index is 11.1. The van der Waals surface area contributed by atoms with Gasteiger partial charge in [-0.1, -0.05) is 6.07 Å². The Morgan fingerprint density at radius 3 is 2.95 bits per heavy atom. The number of anilines is 1. The number of hydrogen-bond donors (Lipinski definition) is 2. The van der Waals surface area contributed by atoms with Crippen molar-refractivity contribution < 1.29 is 4.79 Å². The van der Waals surface area contributed by atoms with E-state index in [1.807, 2.05) is 18.2 Å². The molecule has 1 amide bonds. The van der Waals surface area contributed by atoms with Crippen LogP contribution in [0.3, 0.4) is 0 Å². The van der Waals surface area contributed by atoms with Gasteiger partial charge < -0.3 is 11.1 Å². The molecule has 3 N–H and O–H groups in total. The highest BCUT2D eigenvalue weighted by molar-refractivity contribution is 5.93. The normalized spacial score (nSPS) is 9.63. The zero-order valence-corrected chi connectivity index (χ0v) is 10.1. The molecular formula is C14H12N4O. The van der Waals surface area contributed by atoms with Crippen molar-refractivity contribution in [1.29, 1.82) is 5.26 Å². The predicted octanol–water partition coefficient (Wildman–Crippen LogP) is 1.66. The second-order valence-electron chi connectivity index (χ2n) is 3.96. The first kappa shape index (κ1) is 12.6. The van der Waals surface area contributed by atoms with Crippen LogP contribution in [0.1, 0.15) is 21.6 Å². The van der Waals surface area contributed by atoms with E-state index >= 15 is 0 Å². The zero-order chi connectivity index (χ0) is 13.7. The van der Waals surface area contributed by atoms with Gasteiger partial charge in [0.05, 0.1) is 0 Å². The number of rotatable bonds is 4. The molecule has 0 saturated heterocycles. The minimum atomic E-state index is -0.459. The third-order valence-corrected chi connectivity index (χ3v) is 2.58. The molecule has 0 fully saturated rings. The molecule has 5 heteroatoms. The molecule has 1 aromatic carbocycles. The van der Waals surface area contributed by atoms with Gasteiger partial charge in [0.15, 0.2) is 0 Å². The molecule has 0 aliphatic rings. The number of amides is 1. The second kappa shape index (κ2) is 5.65. The Hall–Kier alpha value is -2.87. The van der Waals surface area contributed by atoms with E-state index in [-0.39, 0.29) is 0 Å². The Kier molecular flexibility index (Phi) is 3.74. The fourth-order valence-electron chi connectivity index (χ4n) is 1.63. The predicted molar refractivity (Wildman–Crippen MR) is 71.2 cm³/mol. The monoisotopic (exact) mass is 252 g/mol. The number of pyridine rings is 1. The quantitative estimate of drug-likeness (QED) is 0.865. The molecule has 5 nitrogen and oxygen atoms in total. The maximum Gasteiger partial charge on any atom is 0.248 e. The van der Waals surface area contributed by atoms with Crippen LogP contribution in [0.2, 0.25) is 0 Å². The Balaban J connectivity index is 2.08. The molecule has 2 rings (SSSR count). The van der Waals surface area contributed by atoms with Crippen LogP contribution in [0.25, 0.3) is 0 Å². The summed E-state index contributed by atoms with van der Waals surface area (Å²) >= 11 is 0. The third kappa shape index (κ3) is 3.30. The lowest BCUT2D eigenvalue weighted by Crippen LogP contribution is -2.11. The van der Waals surface area contributed by atoms with Crippen LogP contribution in [0.4, 0.5) is 5.69 Å². The topological polar surface area (TPSA) is 91.8 Å². The van der Waals surface area contributed by atoms with Crippen LogP contribution in [-0.4, -0.2) is 10.9 Å². The van der Waals surface area contributed by atoms with Crippen LogP contribution in [0.5, 0.6) is 0 Å².